The zero-order valence-electron chi connectivity index (χ0n) is 21.2. The number of rotatable bonds is 5. The van der Waals surface area contributed by atoms with E-state index in [-0.39, 0.29) is 18.1 Å². The molecule has 0 bridgehead atoms. The highest BCUT2D eigenvalue weighted by atomic mass is 28.4. The zero-order chi connectivity index (χ0) is 25.2. The van der Waals surface area contributed by atoms with Crippen molar-refractivity contribution >= 4 is 24.8 Å². The summed E-state index contributed by atoms with van der Waals surface area (Å²) in [6.07, 6.45) is 5.85. The number of amides is 1. The molecule has 1 aliphatic rings. The van der Waals surface area contributed by atoms with Crippen LogP contribution in [0, 0.1) is 12.3 Å². The Hall–Kier alpha value is -2.59. The maximum absolute atomic E-state index is 13.1. The van der Waals surface area contributed by atoms with E-state index in [4.69, 9.17) is 15.6 Å². The normalized spacial score (nSPS) is 21.2. The summed E-state index contributed by atoms with van der Waals surface area (Å²) in [5.41, 5.74) is -2.40. The van der Waals surface area contributed by atoms with Crippen LogP contribution in [0.1, 0.15) is 54.4 Å². The number of likely N-dealkylation sites (tertiary alicyclic amines) is 1. The largest absolute Gasteiger partial charge is 0.444 e. The van der Waals surface area contributed by atoms with Crippen LogP contribution in [-0.2, 0) is 9.16 Å². The van der Waals surface area contributed by atoms with Gasteiger partial charge in [-0.05, 0) is 48.5 Å². The third kappa shape index (κ3) is 5.07. The Bertz CT molecular complexity index is 981. The SMILES string of the molecule is C#CC1(O)CC[C@@H](CO[Si](c2ccccc2)(c2ccccc2)C(C)(C)C)N1C(=O)OC(C)(C)C. The minimum Gasteiger partial charge on any atom is -0.444 e. The molecule has 0 spiro atoms. The van der Waals surface area contributed by atoms with Crippen LogP contribution in [0.25, 0.3) is 0 Å². The first-order valence-electron chi connectivity index (χ1n) is 11.8. The molecule has 6 heteroatoms. The van der Waals surface area contributed by atoms with Crippen molar-refractivity contribution in [2.75, 3.05) is 6.61 Å². The van der Waals surface area contributed by atoms with E-state index in [1.54, 1.807) is 20.8 Å². The summed E-state index contributed by atoms with van der Waals surface area (Å²) < 4.78 is 12.6. The van der Waals surface area contributed by atoms with Gasteiger partial charge in [0.25, 0.3) is 8.32 Å². The van der Waals surface area contributed by atoms with Crippen molar-refractivity contribution < 1.29 is 19.1 Å². The third-order valence-corrected chi connectivity index (χ3v) is 11.3. The first-order chi connectivity index (χ1) is 15.8. The Morgan fingerprint density at radius 1 is 1.06 bits per heavy atom. The van der Waals surface area contributed by atoms with E-state index in [0.717, 1.165) is 10.4 Å². The van der Waals surface area contributed by atoms with E-state index < -0.39 is 31.8 Å². The highest BCUT2D eigenvalue weighted by Crippen LogP contribution is 2.39. The zero-order valence-corrected chi connectivity index (χ0v) is 22.2. The Labute approximate surface area is 205 Å². The number of carbonyl (C=O) groups is 1. The minimum absolute atomic E-state index is 0.201. The molecular weight excluding hydrogens is 442 g/mol. The molecule has 2 atom stereocenters. The molecule has 1 amide bonds. The molecule has 2 aromatic rings. The van der Waals surface area contributed by atoms with Crippen molar-refractivity contribution in [1.29, 1.82) is 0 Å². The van der Waals surface area contributed by atoms with Crippen molar-refractivity contribution in [1.82, 2.24) is 4.90 Å². The molecular formula is C28H37NO4Si. The van der Waals surface area contributed by atoms with Crippen LogP contribution in [0.5, 0.6) is 0 Å². The summed E-state index contributed by atoms with van der Waals surface area (Å²) in [5, 5.41) is 13.2. The summed E-state index contributed by atoms with van der Waals surface area (Å²) >= 11 is 0. The maximum Gasteiger partial charge on any atom is 0.413 e. The van der Waals surface area contributed by atoms with Gasteiger partial charge in [0.05, 0.1) is 12.6 Å². The molecule has 0 aliphatic carbocycles. The van der Waals surface area contributed by atoms with Gasteiger partial charge in [-0.15, -0.1) is 6.42 Å². The Balaban J connectivity index is 2.02. The fourth-order valence-corrected chi connectivity index (χ4v) is 9.41. The highest BCUT2D eigenvalue weighted by Gasteiger charge is 2.53. The van der Waals surface area contributed by atoms with Crippen LogP contribution < -0.4 is 10.4 Å². The average molecular weight is 480 g/mol. The van der Waals surface area contributed by atoms with Crippen LogP contribution in [0.3, 0.4) is 0 Å². The number of nitrogens with zero attached hydrogens (tertiary/aromatic N) is 1. The lowest BCUT2D eigenvalue weighted by molar-refractivity contribution is -0.0632. The average Bonchev–Trinajstić information content (AvgIpc) is 3.11. The smallest absolute Gasteiger partial charge is 0.413 e. The number of carbonyl (C=O) groups excluding carboxylic acids is 1. The molecule has 5 nitrogen and oxygen atoms in total. The second-order valence-electron chi connectivity index (χ2n) is 11.0. The van der Waals surface area contributed by atoms with Gasteiger partial charge in [-0.25, -0.2) is 4.79 Å². The summed E-state index contributed by atoms with van der Waals surface area (Å²) in [5.74, 6) is 2.41. The van der Waals surface area contributed by atoms with E-state index in [0.29, 0.717) is 6.42 Å². The fourth-order valence-electron chi connectivity index (χ4n) is 4.81. The van der Waals surface area contributed by atoms with Gasteiger partial charge in [0.2, 0.25) is 5.72 Å². The van der Waals surface area contributed by atoms with Gasteiger partial charge in [0, 0.05) is 6.42 Å². The van der Waals surface area contributed by atoms with Crippen LogP contribution in [0.15, 0.2) is 60.7 Å². The first-order valence-corrected chi connectivity index (χ1v) is 13.7. The lowest BCUT2D eigenvalue weighted by Crippen LogP contribution is -2.67. The summed E-state index contributed by atoms with van der Waals surface area (Å²) in [7, 11) is -2.80. The van der Waals surface area contributed by atoms with Gasteiger partial charge in [-0.2, -0.15) is 0 Å². The first kappa shape index (κ1) is 26.0. The molecule has 1 saturated heterocycles. The second kappa shape index (κ2) is 9.57. The molecule has 0 radical (unpaired) electrons. The van der Waals surface area contributed by atoms with Gasteiger partial charge in [-0.1, -0.05) is 81.4 Å². The molecule has 1 N–H and O–H groups in total. The highest BCUT2D eigenvalue weighted by molar-refractivity contribution is 6.99. The van der Waals surface area contributed by atoms with Crippen LogP contribution in [0.4, 0.5) is 4.79 Å². The van der Waals surface area contributed by atoms with Crippen molar-refractivity contribution in [3.63, 3.8) is 0 Å². The van der Waals surface area contributed by atoms with E-state index in [1.807, 2.05) is 36.4 Å². The maximum atomic E-state index is 13.1. The quantitative estimate of drug-likeness (QED) is 0.514. The molecule has 1 heterocycles. The number of hydrogen-bond donors (Lipinski definition) is 1. The molecule has 1 aliphatic heterocycles. The van der Waals surface area contributed by atoms with Gasteiger partial charge < -0.3 is 14.3 Å². The Kier molecular flexibility index (Phi) is 7.33. The molecule has 3 rings (SSSR count). The molecule has 2 aromatic carbocycles. The van der Waals surface area contributed by atoms with Gasteiger partial charge in [0.1, 0.15) is 5.60 Å². The van der Waals surface area contributed by atoms with Crippen molar-refractivity contribution in [2.24, 2.45) is 0 Å². The number of ether oxygens (including phenoxy) is 1. The van der Waals surface area contributed by atoms with E-state index in [2.05, 4.69) is 51.0 Å². The minimum atomic E-state index is -2.80. The van der Waals surface area contributed by atoms with E-state index in [1.165, 1.54) is 4.90 Å². The summed E-state index contributed by atoms with van der Waals surface area (Å²) in [6.45, 7) is 12.2. The molecule has 34 heavy (non-hydrogen) atoms. The predicted octanol–water partition coefficient (Wildman–Crippen LogP) is 4.28. The summed E-state index contributed by atoms with van der Waals surface area (Å²) in [4.78, 5) is 14.4. The van der Waals surface area contributed by atoms with Crippen molar-refractivity contribution in [2.45, 2.75) is 76.8 Å². The Morgan fingerprint density at radius 3 is 1.97 bits per heavy atom. The third-order valence-electron chi connectivity index (χ3n) is 6.32. The van der Waals surface area contributed by atoms with Crippen LogP contribution in [0.2, 0.25) is 5.04 Å². The molecule has 0 saturated carbocycles. The van der Waals surface area contributed by atoms with Gasteiger partial charge >= 0.3 is 6.09 Å². The van der Waals surface area contributed by atoms with E-state index in [9.17, 15) is 9.90 Å². The number of benzene rings is 2. The van der Waals surface area contributed by atoms with Gasteiger partial charge in [0.15, 0.2) is 0 Å². The van der Waals surface area contributed by atoms with E-state index >= 15 is 0 Å². The lowest BCUT2D eigenvalue weighted by Gasteiger charge is -2.44. The monoisotopic (exact) mass is 479 g/mol. The van der Waals surface area contributed by atoms with Crippen LogP contribution in [-0.4, -0.2) is 48.4 Å². The Morgan fingerprint density at radius 2 is 1.56 bits per heavy atom. The lowest BCUT2D eigenvalue weighted by atomic mass is 10.1. The number of terminal acetylenes is 1. The van der Waals surface area contributed by atoms with Gasteiger partial charge in [-0.3, -0.25) is 4.90 Å². The van der Waals surface area contributed by atoms with Crippen molar-refractivity contribution in [3.8, 4) is 12.3 Å². The molecule has 1 unspecified atom stereocenters. The number of aliphatic hydroxyl groups is 1. The molecule has 1 fully saturated rings. The second-order valence-corrected chi connectivity index (χ2v) is 15.3. The molecule has 182 valence electrons. The molecule has 0 aromatic heterocycles. The number of hydrogen-bond acceptors (Lipinski definition) is 4. The fraction of sp³-hybridized carbons (Fsp3) is 0.464. The predicted molar refractivity (Wildman–Crippen MR) is 138 cm³/mol. The standard InChI is InChI=1S/C28H37NO4Si/c1-8-28(31)20-19-22(29(28)25(30)33-26(2,3)4)21-32-34(27(5,6)7,23-15-11-9-12-16-23)24-17-13-10-14-18-24/h1,9-18,22,31H,19-21H2,2-7H3/t22-,28?/m0/s1. The van der Waals surface area contributed by atoms with Crippen LogP contribution >= 0.6 is 0 Å². The topological polar surface area (TPSA) is 59.0 Å². The summed E-state index contributed by atoms with van der Waals surface area (Å²) in [6, 6.07) is 20.3. The van der Waals surface area contributed by atoms with Crippen molar-refractivity contribution in [3.05, 3.63) is 60.7 Å².